The first-order chi connectivity index (χ1) is 8.31. The number of ether oxygens (including phenoxy) is 1. The van der Waals surface area contributed by atoms with E-state index in [0.717, 1.165) is 6.42 Å². The van der Waals surface area contributed by atoms with Gasteiger partial charge in [0.05, 0.1) is 18.8 Å². The molecule has 8 nitrogen and oxygen atoms in total. The van der Waals surface area contributed by atoms with Gasteiger partial charge in [-0.1, -0.05) is 12.1 Å². The normalized spacial score (nSPS) is 12.8. The van der Waals surface area contributed by atoms with Gasteiger partial charge in [0.25, 0.3) is 5.89 Å². The van der Waals surface area contributed by atoms with E-state index in [-0.39, 0.29) is 0 Å². The van der Waals surface area contributed by atoms with Gasteiger partial charge in [-0.2, -0.15) is 20.4 Å². The minimum Gasteiger partial charge on any atom is -0.379 e. The largest absolute Gasteiger partial charge is 0.379 e. The van der Waals surface area contributed by atoms with Gasteiger partial charge >= 0.3 is 0 Å². The first-order valence-corrected chi connectivity index (χ1v) is 5.34. The Labute approximate surface area is 97.5 Å². The Bertz CT molecular complexity index is 440. The first-order valence-electron chi connectivity index (χ1n) is 5.34. The van der Waals surface area contributed by atoms with Crippen LogP contribution in [0.1, 0.15) is 25.2 Å². The summed E-state index contributed by atoms with van der Waals surface area (Å²) in [5.74, 6) is 0.693. The molecule has 17 heavy (non-hydrogen) atoms. The fourth-order valence-corrected chi connectivity index (χ4v) is 1.22. The van der Waals surface area contributed by atoms with Gasteiger partial charge in [0.2, 0.25) is 0 Å². The summed E-state index contributed by atoms with van der Waals surface area (Å²) in [6.45, 7) is 3.07. The van der Waals surface area contributed by atoms with Crippen LogP contribution in [0.4, 0.5) is 0 Å². The summed E-state index contributed by atoms with van der Waals surface area (Å²) in [4.78, 5) is 4.13. The third-order valence-electron chi connectivity index (χ3n) is 2.05. The summed E-state index contributed by atoms with van der Waals surface area (Å²) in [6.07, 6.45) is 2.44. The molecule has 3 N–H and O–H groups in total. The molecule has 0 amide bonds. The number of rotatable bonds is 6. The van der Waals surface area contributed by atoms with Gasteiger partial charge in [-0.25, -0.2) is 0 Å². The second-order valence-corrected chi connectivity index (χ2v) is 3.49. The summed E-state index contributed by atoms with van der Waals surface area (Å²) in [6, 6.07) is -0.397. The Kier molecular flexibility index (Phi) is 3.78. The van der Waals surface area contributed by atoms with Gasteiger partial charge < -0.3 is 15.0 Å². The average Bonchev–Trinajstić information content (AvgIpc) is 3.00. The van der Waals surface area contributed by atoms with Gasteiger partial charge in [0.1, 0.15) is 0 Å². The van der Waals surface area contributed by atoms with Crippen LogP contribution in [0.15, 0.2) is 10.7 Å². The first kappa shape index (κ1) is 11.7. The van der Waals surface area contributed by atoms with E-state index in [1.54, 1.807) is 0 Å². The fraction of sp³-hybridized carbons (Fsp3) is 0.556. The minimum absolute atomic E-state index is 0.291. The Morgan fingerprint density at radius 3 is 3.18 bits per heavy atom. The molecular weight excluding hydrogens is 224 g/mol. The van der Waals surface area contributed by atoms with E-state index in [2.05, 4.69) is 25.6 Å². The Balaban J connectivity index is 1.98. The quantitative estimate of drug-likeness (QED) is 0.694. The van der Waals surface area contributed by atoms with Crippen LogP contribution < -0.4 is 5.73 Å². The lowest BCUT2D eigenvalue weighted by Crippen LogP contribution is -2.18. The fourth-order valence-electron chi connectivity index (χ4n) is 1.22. The molecule has 1 atom stereocenters. The number of hydrogen-bond donors (Lipinski definition) is 2. The van der Waals surface area contributed by atoms with Crippen molar-refractivity contribution in [3.8, 4) is 11.6 Å². The Morgan fingerprint density at radius 1 is 1.59 bits per heavy atom. The van der Waals surface area contributed by atoms with Gasteiger partial charge in [0, 0.05) is 6.61 Å². The molecule has 8 heteroatoms. The van der Waals surface area contributed by atoms with Crippen molar-refractivity contribution in [3.05, 3.63) is 12.0 Å². The van der Waals surface area contributed by atoms with Gasteiger partial charge in [-0.15, -0.1) is 0 Å². The third-order valence-corrected chi connectivity index (χ3v) is 2.05. The highest BCUT2D eigenvalue weighted by Gasteiger charge is 2.16. The number of hydrogen-bond acceptors (Lipinski definition) is 7. The molecule has 0 saturated carbocycles. The molecule has 0 aliphatic rings. The van der Waals surface area contributed by atoms with Crippen molar-refractivity contribution in [2.45, 2.75) is 19.4 Å². The SMILES string of the molecule is CCCOCC(N)c1noc(-c2cn[nH]n2)n1. The molecule has 0 radical (unpaired) electrons. The zero-order valence-corrected chi connectivity index (χ0v) is 9.46. The molecule has 2 rings (SSSR count). The summed E-state index contributed by atoms with van der Waals surface area (Å²) >= 11 is 0. The van der Waals surface area contributed by atoms with Crippen molar-refractivity contribution < 1.29 is 9.26 Å². The van der Waals surface area contributed by atoms with Gasteiger partial charge in [-0.3, -0.25) is 0 Å². The lowest BCUT2D eigenvalue weighted by atomic mass is 10.3. The molecule has 2 aromatic heterocycles. The van der Waals surface area contributed by atoms with E-state index in [9.17, 15) is 0 Å². The maximum Gasteiger partial charge on any atom is 0.280 e. The molecule has 0 aliphatic carbocycles. The monoisotopic (exact) mass is 238 g/mol. The van der Waals surface area contributed by atoms with Crippen LogP contribution in [0.2, 0.25) is 0 Å². The summed E-state index contributed by atoms with van der Waals surface area (Å²) in [5.41, 5.74) is 6.34. The smallest absolute Gasteiger partial charge is 0.280 e. The summed E-state index contributed by atoms with van der Waals surface area (Å²) in [7, 11) is 0. The van der Waals surface area contributed by atoms with Crippen molar-refractivity contribution in [2.24, 2.45) is 5.73 Å². The zero-order valence-electron chi connectivity index (χ0n) is 9.46. The van der Waals surface area contributed by atoms with Crippen molar-refractivity contribution >= 4 is 0 Å². The molecule has 0 spiro atoms. The number of nitrogens with two attached hydrogens (primary N) is 1. The minimum atomic E-state index is -0.397. The van der Waals surface area contributed by atoms with Crippen LogP contribution in [-0.2, 0) is 4.74 Å². The predicted molar refractivity (Wildman–Crippen MR) is 57.7 cm³/mol. The second kappa shape index (κ2) is 5.51. The van der Waals surface area contributed by atoms with Crippen molar-refractivity contribution in [2.75, 3.05) is 13.2 Å². The maximum absolute atomic E-state index is 5.85. The standard InChI is InChI=1S/C9H14N6O2/c1-2-3-16-5-6(10)8-12-9(17-14-8)7-4-11-15-13-7/h4,6H,2-3,5,10H2,1H3,(H,11,13,15). The van der Waals surface area contributed by atoms with Crippen molar-refractivity contribution in [1.29, 1.82) is 0 Å². The number of nitrogens with one attached hydrogen (secondary N) is 1. The number of nitrogens with zero attached hydrogens (tertiary/aromatic N) is 4. The Hall–Kier alpha value is -1.80. The topological polar surface area (TPSA) is 116 Å². The highest BCUT2D eigenvalue weighted by Crippen LogP contribution is 2.14. The van der Waals surface area contributed by atoms with E-state index in [0.29, 0.717) is 30.6 Å². The second-order valence-electron chi connectivity index (χ2n) is 3.49. The van der Waals surface area contributed by atoms with Crippen molar-refractivity contribution in [1.82, 2.24) is 25.6 Å². The van der Waals surface area contributed by atoms with Crippen LogP contribution >= 0.6 is 0 Å². The predicted octanol–water partition coefficient (Wildman–Crippen LogP) is 0.281. The van der Waals surface area contributed by atoms with E-state index in [1.807, 2.05) is 6.92 Å². The molecule has 2 heterocycles. The van der Waals surface area contributed by atoms with E-state index >= 15 is 0 Å². The molecule has 0 bridgehead atoms. The van der Waals surface area contributed by atoms with E-state index in [4.69, 9.17) is 15.0 Å². The molecule has 92 valence electrons. The van der Waals surface area contributed by atoms with E-state index < -0.39 is 6.04 Å². The lowest BCUT2D eigenvalue weighted by molar-refractivity contribution is 0.119. The zero-order chi connectivity index (χ0) is 12.1. The molecule has 0 saturated heterocycles. The number of aromatic nitrogens is 5. The highest BCUT2D eigenvalue weighted by molar-refractivity contribution is 5.42. The summed E-state index contributed by atoms with van der Waals surface area (Å²) in [5, 5.41) is 13.7. The van der Waals surface area contributed by atoms with Gasteiger partial charge in [-0.05, 0) is 6.42 Å². The lowest BCUT2D eigenvalue weighted by Gasteiger charge is -2.06. The molecule has 0 fully saturated rings. The molecule has 0 aromatic carbocycles. The highest BCUT2D eigenvalue weighted by atomic mass is 16.5. The molecule has 2 aromatic rings. The van der Waals surface area contributed by atoms with Crippen LogP contribution in [0.5, 0.6) is 0 Å². The van der Waals surface area contributed by atoms with Gasteiger partial charge in [0.15, 0.2) is 11.5 Å². The molecule has 1 unspecified atom stereocenters. The third kappa shape index (κ3) is 2.86. The van der Waals surface area contributed by atoms with Crippen molar-refractivity contribution in [3.63, 3.8) is 0 Å². The molecule has 0 aliphatic heterocycles. The maximum atomic E-state index is 5.85. The average molecular weight is 238 g/mol. The van der Waals surface area contributed by atoms with Crippen LogP contribution in [0, 0.1) is 0 Å². The number of H-pyrrole nitrogens is 1. The van der Waals surface area contributed by atoms with E-state index in [1.165, 1.54) is 6.20 Å². The number of aromatic amines is 1. The molecular formula is C9H14N6O2. The van der Waals surface area contributed by atoms with Crippen LogP contribution in [-0.4, -0.2) is 38.8 Å². The Morgan fingerprint density at radius 2 is 2.47 bits per heavy atom. The van der Waals surface area contributed by atoms with Crippen LogP contribution in [0.3, 0.4) is 0 Å². The summed E-state index contributed by atoms with van der Waals surface area (Å²) < 4.78 is 10.3. The van der Waals surface area contributed by atoms with Crippen LogP contribution in [0.25, 0.3) is 11.6 Å².